The molecule has 0 aromatic rings. The molecule has 1 saturated carbocycles. The van der Waals surface area contributed by atoms with Crippen molar-refractivity contribution < 1.29 is 35.3 Å². The molecule has 2 aliphatic rings. The third kappa shape index (κ3) is 4.43. The van der Waals surface area contributed by atoms with Gasteiger partial charge >= 0.3 is 21.6 Å². The topological polar surface area (TPSA) is 69.7 Å². The van der Waals surface area contributed by atoms with Crippen molar-refractivity contribution >= 4 is 16.1 Å². The van der Waals surface area contributed by atoms with Gasteiger partial charge in [-0.3, -0.25) is 4.79 Å². The van der Waals surface area contributed by atoms with Crippen molar-refractivity contribution in [2.75, 3.05) is 7.11 Å². The number of ether oxygens (including phenoxy) is 1. The minimum Gasteiger partial charge on any atom is -0.469 e. The van der Waals surface area contributed by atoms with E-state index < -0.39 is 15.6 Å². The SMILES string of the molecule is COC(=O)CC1CCC2(CC=C(OS(=O)(=O)C(F)(F)F)CC2)CC1. The van der Waals surface area contributed by atoms with Crippen molar-refractivity contribution in [3.05, 3.63) is 11.8 Å². The second-order valence-corrected chi connectivity index (χ2v) is 8.12. The summed E-state index contributed by atoms with van der Waals surface area (Å²) in [4.78, 5) is 11.3. The molecule has 0 aromatic heterocycles. The normalized spacial score (nSPS) is 28.3. The Morgan fingerprint density at radius 2 is 1.92 bits per heavy atom. The van der Waals surface area contributed by atoms with Crippen molar-refractivity contribution in [1.82, 2.24) is 0 Å². The first-order chi connectivity index (χ1) is 11.1. The third-order valence-corrected chi connectivity index (χ3v) is 6.01. The molecule has 0 N–H and O–H groups in total. The Bertz CT molecular complexity index is 601. The standard InChI is InChI=1S/C15H21F3O5S/c1-22-13(19)10-11-2-6-14(7-3-11)8-4-12(5-9-14)23-24(20,21)15(16,17)18/h4,11H,2-3,5-10H2,1H3. The summed E-state index contributed by atoms with van der Waals surface area (Å²) in [6.45, 7) is 0. The molecule has 1 spiro atoms. The number of halogens is 3. The maximum atomic E-state index is 12.3. The van der Waals surface area contributed by atoms with Crippen LogP contribution in [0.4, 0.5) is 13.2 Å². The molecule has 0 heterocycles. The number of methoxy groups -OCH3 is 1. The average molecular weight is 370 g/mol. The molecular formula is C15H21F3O5S. The fraction of sp³-hybridized carbons (Fsp3) is 0.800. The van der Waals surface area contributed by atoms with Crippen LogP contribution in [0.15, 0.2) is 11.8 Å². The summed E-state index contributed by atoms with van der Waals surface area (Å²) >= 11 is 0. The second kappa shape index (κ2) is 6.93. The monoisotopic (exact) mass is 370 g/mol. The van der Waals surface area contributed by atoms with E-state index >= 15 is 0 Å². The fourth-order valence-electron chi connectivity index (χ4n) is 3.45. The van der Waals surface area contributed by atoms with E-state index in [1.54, 1.807) is 0 Å². The minimum absolute atomic E-state index is 0.0263. The van der Waals surface area contributed by atoms with Crippen LogP contribution in [0, 0.1) is 11.3 Å². The molecule has 0 amide bonds. The number of hydrogen-bond donors (Lipinski definition) is 0. The molecule has 24 heavy (non-hydrogen) atoms. The fourth-order valence-corrected chi connectivity index (χ4v) is 3.98. The maximum Gasteiger partial charge on any atom is 0.534 e. The van der Waals surface area contributed by atoms with Gasteiger partial charge in [0.1, 0.15) is 5.76 Å². The Balaban J connectivity index is 1.91. The first kappa shape index (κ1) is 19.1. The van der Waals surface area contributed by atoms with Crippen LogP contribution in [0.3, 0.4) is 0 Å². The summed E-state index contributed by atoms with van der Waals surface area (Å²) in [7, 11) is -4.23. The zero-order chi connectivity index (χ0) is 18.0. The van der Waals surface area contributed by atoms with E-state index in [9.17, 15) is 26.4 Å². The van der Waals surface area contributed by atoms with Gasteiger partial charge in [0.15, 0.2) is 0 Å². The highest BCUT2D eigenvalue weighted by atomic mass is 32.2. The Morgan fingerprint density at radius 3 is 2.38 bits per heavy atom. The van der Waals surface area contributed by atoms with Gasteiger partial charge in [-0.05, 0) is 55.9 Å². The van der Waals surface area contributed by atoms with Crippen LogP contribution in [0.1, 0.15) is 51.4 Å². The number of carbonyl (C=O) groups is 1. The van der Waals surface area contributed by atoms with Crippen molar-refractivity contribution in [1.29, 1.82) is 0 Å². The van der Waals surface area contributed by atoms with Crippen LogP contribution in [-0.4, -0.2) is 27.0 Å². The second-order valence-electron chi connectivity index (χ2n) is 6.58. The van der Waals surface area contributed by atoms with Crippen LogP contribution < -0.4 is 0 Å². The lowest BCUT2D eigenvalue weighted by Gasteiger charge is -2.41. The first-order valence-electron chi connectivity index (χ1n) is 7.83. The van der Waals surface area contributed by atoms with Gasteiger partial charge in [-0.15, -0.1) is 0 Å². The van der Waals surface area contributed by atoms with Crippen LogP contribution in [0.2, 0.25) is 0 Å². The molecule has 0 aliphatic heterocycles. The molecule has 0 saturated heterocycles. The van der Waals surface area contributed by atoms with Crippen LogP contribution in [0.5, 0.6) is 0 Å². The lowest BCUT2D eigenvalue weighted by molar-refractivity contribution is -0.142. The Kier molecular flexibility index (Phi) is 5.51. The number of rotatable bonds is 4. The van der Waals surface area contributed by atoms with E-state index in [0.29, 0.717) is 19.3 Å². The van der Waals surface area contributed by atoms with E-state index in [1.165, 1.54) is 13.2 Å². The van der Waals surface area contributed by atoms with Crippen LogP contribution >= 0.6 is 0 Å². The lowest BCUT2D eigenvalue weighted by Crippen LogP contribution is -2.31. The number of carbonyl (C=O) groups excluding carboxylic acids is 1. The van der Waals surface area contributed by atoms with Gasteiger partial charge in [-0.2, -0.15) is 21.6 Å². The van der Waals surface area contributed by atoms with E-state index in [1.807, 2.05) is 0 Å². The van der Waals surface area contributed by atoms with Crippen molar-refractivity contribution in [2.45, 2.75) is 56.9 Å². The molecular weight excluding hydrogens is 349 g/mol. The summed E-state index contributed by atoms with van der Waals surface area (Å²) in [6.07, 6.45) is 6.58. The largest absolute Gasteiger partial charge is 0.534 e. The Labute approximate surface area is 139 Å². The highest BCUT2D eigenvalue weighted by Gasteiger charge is 2.49. The Hall–Kier alpha value is -1.25. The summed E-state index contributed by atoms with van der Waals surface area (Å²) in [5, 5.41) is 0. The van der Waals surface area contributed by atoms with Gasteiger partial charge in [0.05, 0.1) is 7.11 Å². The summed E-state index contributed by atoms with van der Waals surface area (Å²) in [6, 6.07) is 0. The number of allylic oxidation sites excluding steroid dienone is 2. The third-order valence-electron chi connectivity index (χ3n) is 5.01. The van der Waals surface area contributed by atoms with E-state index in [0.717, 1.165) is 25.7 Å². The van der Waals surface area contributed by atoms with Crippen LogP contribution in [-0.2, 0) is 23.8 Å². The zero-order valence-corrected chi connectivity index (χ0v) is 14.2. The molecule has 0 radical (unpaired) electrons. The van der Waals surface area contributed by atoms with Crippen LogP contribution in [0.25, 0.3) is 0 Å². The molecule has 0 bridgehead atoms. The van der Waals surface area contributed by atoms with E-state index in [2.05, 4.69) is 8.92 Å². The zero-order valence-electron chi connectivity index (χ0n) is 13.4. The lowest BCUT2D eigenvalue weighted by atomic mass is 9.64. The van der Waals surface area contributed by atoms with Crippen molar-refractivity contribution in [2.24, 2.45) is 11.3 Å². The average Bonchev–Trinajstić information content (AvgIpc) is 2.51. The smallest absolute Gasteiger partial charge is 0.469 e. The van der Waals surface area contributed by atoms with Crippen molar-refractivity contribution in [3.8, 4) is 0 Å². The highest BCUT2D eigenvalue weighted by Crippen LogP contribution is 2.49. The summed E-state index contributed by atoms with van der Waals surface area (Å²) in [5.74, 6) is -0.0857. The number of hydrogen-bond acceptors (Lipinski definition) is 5. The van der Waals surface area contributed by atoms with Gasteiger partial charge in [0, 0.05) is 12.8 Å². The van der Waals surface area contributed by atoms with E-state index in [4.69, 9.17) is 0 Å². The molecule has 9 heteroatoms. The predicted molar refractivity (Wildman–Crippen MR) is 79.0 cm³/mol. The van der Waals surface area contributed by atoms with E-state index in [-0.39, 0.29) is 29.5 Å². The van der Waals surface area contributed by atoms with Gasteiger partial charge in [0.2, 0.25) is 0 Å². The number of esters is 1. The molecule has 0 aromatic carbocycles. The Morgan fingerprint density at radius 1 is 1.29 bits per heavy atom. The maximum absolute atomic E-state index is 12.3. The van der Waals surface area contributed by atoms with Gasteiger partial charge in [0.25, 0.3) is 0 Å². The van der Waals surface area contributed by atoms with Gasteiger partial charge in [-0.25, -0.2) is 0 Å². The molecule has 1 fully saturated rings. The quantitative estimate of drug-likeness (QED) is 0.429. The molecule has 2 rings (SSSR count). The molecule has 0 atom stereocenters. The first-order valence-corrected chi connectivity index (χ1v) is 9.24. The van der Waals surface area contributed by atoms with Crippen molar-refractivity contribution in [3.63, 3.8) is 0 Å². The molecule has 5 nitrogen and oxygen atoms in total. The predicted octanol–water partition coefficient (Wildman–Crippen LogP) is 3.66. The molecule has 138 valence electrons. The van der Waals surface area contributed by atoms with Gasteiger partial charge in [-0.1, -0.05) is 0 Å². The molecule has 2 aliphatic carbocycles. The molecule has 0 unspecified atom stereocenters. The highest BCUT2D eigenvalue weighted by molar-refractivity contribution is 7.87. The van der Waals surface area contributed by atoms with Gasteiger partial charge < -0.3 is 8.92 Å². The number of alkyl halides is 3. The summed E-state index contributed by atoms with van der Waals surface area (Å²) in [5.41, 5.74) is -5.43. The minimum atomic E-state index is -5.58. The summed E-state index contributed by atoms with van der Waals surface area (Å²) < 4.78 is 67.9.